The maximum atomic E-state index is 13.5. The van der Waals surface area contributed by atoms with Gasteiger partial charge in [-0.2, -0.15) is 0 Å². The van der Waals surface area contributed by atoms with Gasteiger partial charge in [-0.3, -0.25) is 14.4 Å². The number of carbonyl (C=O) groups is 2. The second kappa shape index (κ2) is 12.6. The van der Waals surface area contributed by atoms with Crippen LogP contribution in [0.15, 0.2) is 53.3 Å². The first kappa shape index (κ1) is 29.3. The van der Waals surface area contributed by atoms with Crippen molar-refractivity contribution < 1.29 is 28.5 Å². The summed E-state index contributed by atoms with van der Waals surface area (Å²) in [5, 5.41) is 8.87. The quantitative estimate of drug-likeness (QED) is 0.353. The second-order valence-corrected chi connectivity index (χ2v) is 9.65. The number of hydrogen-bond acceptors (Lipinski definition) is 8. The third-order valence-electron chi connectivity index (χ3n) is 7.05. The molecule has 0 aromatic heterocycles. The molecule has 10 nitrogen and oxygen atoms in total. The smallest absolute Gasteiger partial charge is 0.246 e. The molecule has 0 spiro atoms. The van der Waals surface area contributed by atoms with Gasteiger partial charge in [-0.25, -0.2) is 0 Å². The highest BCUT2D eigenvalue weighted by molar-refractivity contribution is 5.97. The van der Waals surface area contributed by atoms with Crippen molar-refractivity contribution in [2.24, 2.45) is 0 Å². The number of carbonyl (C=O) groups excluding carboxylic acids is 2. The fourth-order valence-electron chi connectivity index (χ4n) is 5.11. The van der Waals surface area contributed by atoms with Crippen molar-refractivity contribution in [3.05, 3.63) is 69.9 Å². The van der Waals surface area contributed by atoms with Gasteiger partial charge in [-0.15, -0.1) is 0 Å². The van der Waals surface area contributed by atoms with Gasteiger partial charge in [0.15, 0.2) is 11.5 Å². The Morgan fingerprint density at radius 2 is 1.59 bits per heavy atom. The molecule has 0 saturated heterocycles. The van der Waals surface area contributed by atoms with E-state index in [1.165, 1.54) is 27.2 Å². The van der Waals surface area contributed by atoms with Gasteiger partial charge in [0.05, 0.1) is 45.9 Å². The Labute approximate surface area is 239 Å². The minimum atomic E-state index is -0.757. The van der Waals surface area contributed by atoms with Gasteiger partial charge in [-0.05, 0) is 66.8 Å². The first-order valence-electron chi connectivity index (χ1n) is 13.2. The molecule has 3 aromatic rings. The van der Waals surface area contributed by atoms with Crippen molar-refractivity contribution in [2.45, 2.75) is 38.8 Å². The molecule has 2 atom stereocenters. The summed E-state index contributed by atoms with van der Waals surface area (Å²) < 4.78 is 22.3. The first-order chi connectivity index (χ1) is 19.7. The summed E-state index contributed by atoms with van der Waals surface area (Å²) in [4.78, 5) is 38.7. The average Bonchev–Trinajstić information content (AvgIpc) is 3.20. The van der Waals surface area contributed by atoms with Crippen molar-refractivity contribution in [1.82, 2.24) is 5.32 Å². The summed E-state index contributed by atoms with van der Waals surface area (Å²) in [6.07, 6.45) is 1.14. The number of aryl methyl sites for hydroxylation is 1. The van der Waals surface area contributed by atoms with Crippen molar-refractivity contribution in [3.63, 3.8) is 0 Å². The van der Waals surface area contributed by atoms with Gasteiger partial charge in [0.2, 0.25) is 23.0 Å². The van der Waals surface area contributed by atoms with E-state index in [0.717, 1.165) is 11.1 Å². The van der Waals surface area contributed by atoms with Gasteiger partial charge in [0, 0.05) is 12.5 Å². The molecule has 0 radical (unpaired) electrons. The maximum Gasteiger partial charge on any atom is 0.246 e. The van der Waals surface area contributed by atoms with E-state index in [1.807, 2.05) is 6.07 Å². The SMILES string of the molecule is COc1ccccc1NC(=O)C(C)Nc1ccc2c(cc1=O)C(NC(C)=O)CCc1cc(OC)c(OC)c(OC)c1-2. The second-order valence-electron chi connectivity index (χ2n) is 9.65. The van der Waals surface area contributed by atoms with Crippen LogP contribution in [0.4, 0.5) is 11.4 Å². The molecule has 0 saturated carbocycles. The van der Waals surface area contributed by atoms with Gasteiger partial charge in [0.1, 0.15) is 11.8 Å². The highest BCUT2D eigenvalue weighted by Crippen LogP contribution is 2.50. The Balaban J connectivity index is 1.80. The molecule has 4 rings (SSSR count). The molecule has 0 fully saturated rings. The Bertz CT molecular complexity index is 1520. The summed E-state index contributed by atoms with van der Waals surface area (Å²) in [5.74, 6) is 1.37. The Kier molecular flexibility index (Phi) is 9.01. The number of para-hydroxylation sites is 2. The number of ether oxygens (including phenoxy) is 4. The molecule has 2 amide bonds. The summed E-state index contributed by atoms with van der Waals surface area (Å²) in [6.45, 7) is 3.11. The van der Waals surface area contributed by atoms with Crippen molar-refractivity contribution in [3.8, 4) is 34.1 Å². The van der Waals surface area contributed by atoms with Gasteiger partial charge in [-0.1, -0.05) is 18.2 Å². The van der Waals surface area contributed by atoms with E-state index in [-0.39, 0.29) is 22.9 Å². The number of nitrogens with one attached hydrogen (secondary N) is 3. The standard InChI is InChI=1S/C31H35N3O7/c1-17(31(37)34-24-9-7-8-10-26(24)38-3)32-23-14-12-20-21(16-25(23)36)22(33-18(2)35)13-11-19-15-27(39-4)29(40-5)30(41-6)28(19)20/h7-10,12,14-17,22H,11,13H2,1-6H3,(H,32,36)(H,33,35)(H,34,37). The van der Waals surface area contributed by atoms with E-state index < -0.39 is 12.1 Å². The minimum absolute atomic E-state index is 0.215. The molecule has 0 bridgehead atoms. The van der Waals surface area contributed by atoms with Crippen molar-refractivity contribution in [1.29, 1.82) is 0 Å². The molecule has 2 unspecified atom stereocenters. The van der Waals surface area contributed by atoms with Crippen LogP contribution in [0.1, 0.15) is 37.4 Å². The summed E-state index contributed by atoms with van der Waals surface area (Å²) in [7, 11) is 6.16. The predicted molar refractivity (Wildman–Crippen MR) is 157 cm³/mol. The molecular formula is C31H35N3O7. The highest BCUT2D eigenvalue weighted by Gasteiger charge is 2.29. The fraction of sp³-hybridized carbons (Fsp3) is 0.323. The predicted octanol–water partition coefficient (Wildman–Crippen LogP) is 4.31. The van der Waals surface area contributed by atoms with Crippen LogP contribution in [0.3, 0.4) is 0 Å². The molecular weight excluding hydrogens is 526 g/mol. The number of methoxy groups -OCH3 is 4. The van der Waals surface area contributed by atoms with Crippen LogP contribution in [0, 0.1) is 0 Å². The lowest BCUT2D eigenvalue weighted by Crippen LogP contribution is -2.33. The maximum absolute atomic E-state index is 13.5. The van der Waals surface area contributed by atoms with E-state index >= 15 is 0 Å². The van der Waals surface area contributed by atoms with E-state index in [1.54, 1.807) is 57.5 Å². The molecule has 0 aliphatic heterocycles. The van der Waals surface area contributed by atoms with Crippen LogP contribution in [0.2, 0.25) is 0 Å². The normalized spacial score (nSPS) is 14.3. The topological polar surface area (TPSA) is 124 Å². The summed E-state index contributed by atoms with van der Waals surface area (Å²) in [5.41, 5.74) is 3.42. The number of hydrogen-bond donors (Lipinski definition) is 3. The van der Waals surface area contributed by atoms with Crippen LogP contribution in [-0.4, -0.2) is 46.3 Å². The van der Waals surface area contributed by atoms with E-state index in [0.29, 0.717) is 52.7 Å². The third kappa shape index (κ3) is 6.06. The van der Waals surface area contributed by atoms with Crippen molar-refractivity contribution >= 4 is 23.2 Å². The van der Waals surface area contributed by atoms with Crippen LogP contribution >= 0.6 is 0 Å². The molecule has 3 N–H and O–H groups in total. The number of amides is 2. The van der Waals surface area contributed by atoms with E-state index in [4.69, 9.17) is 18.9 Å². The summed E-state index contributed by atoms with van der Waals surface area (Å²) in [6, 6.07) is 12.7. The monoisotopic (exact) mass is 561 g/mol. The Morgan fingerprint density at radius 1 is 0.878 bits per heavy atom. The Hall–Kier alpha value is -4.73. The van der Waals surface area contributed by atoms with Gasteiger partial charge < -0.3 is 34.9 Å². The number of anilines is 2. The third-order valence-corrected chi connectivity index (χ3v) is 7.05. The zero-order chi connectivity index (χ0) is 29.7. The van der Waals surface area contributed by atoms with Gasteiger partial charge in [0.25, 0.3) is 0 Å². The van der Waals surface area contributed by atoms with E-state index in [9.17, 15) is 14.4 Å². The first-order valence-corrected chi connectivity index (χ1v) is 13.2. The molecule has 1 aliphatic carbocycles. The lowest BCUT2D eigenvalue weighted by molar-refractivity contribution is -0.119. The number of rotatable bonds is 9. The Morgan fingerprint density at radius 3 is 2.24 bits per heavy atom. The van der Waals surface area contributed by atoms with Crippen molar-refractivity contribution in [2.75, 3.05) is 39.1 Å². The average molecular weight is 562 g/mol. The van der Waals surface area contributed by atoms with Crippen LogP contribution in [0.5, 0.6) is 23.0 Å². The summed E-state index contributed by atoms with van der Waals surface area (Å²) >= 11 is 0. The lowest BCUT2D eigenvalue weighted by atomic mass is 9.95. The zero-order valence-corrected chi connectivity index (χ0v) is 24.0. The molecule has 41 heavy (non-hydrogen) atoms. The molecule has 1 aliphatic rings. The van der Waals surface area contributed by atoms with E-state index in [2.05, 4.69) is 16.0 Å². The molecule has 0 heterocycles. The van der Waals surface area contributed by atoms with Gasteiger partial charge >= 0.3 is 0 Å². The largest absolute Gasteiger partial charge is 0.495 e. The van der Waals surface area contributed by atoms with Crippen LogP contribution < -0.4 is 40.3 Å². The number of fused-ring (bicyclic) bond motifs is 3. The molecule has 216 valence electrons. The van der Waals surface area contributed by atoms with Crippen LogP contribution in [-0.2, 0) is 16.0 Å². The number of benzene rings is 2. The minimum Gasteiger partial charge on any atom is -0.495 e. The molecule has 3 aromatic carbocycles. The zero-order valence-electron chi connectivity index (χ0n) is 24.0. The van der Waals surface area contributed by atoms with Crippen LogP contribution in [0.25, 0.3) is 11.1 Å². The highest BCUT2D eigenvalue weighted by atomic mass is 16.5. The molecule has 10 heteroatoms. The fourth-order valence-corrected chi connectivity index (χ4v) is 5.11. The lowest BCUT2D eigenvalue weighted by Gasteiger charge is -2.19.